The van der Waals surface area contributed by atoms with Gasteiger partial charge in [-0.1, -0.05) is 36.2 Å². The lowest BCUT2D eigenvalue weighted by atomic mass is 10.2. The van der Waals surface area contributed by atoms with Crippen molar-refractivity contribution in [3.8, 4) is 0 Å². The van der Waals surface area contributed by atoms with Gasteiger partial charge in [0.2, 0.25) is 0 Å². The van der Waals surface area contributed by atoms with Crippen LogP contribution in [0, 0.1) is 0 Å². The van der Waals surface area contributed by atoms with E-state index in [4.69, 9.17) is 27.9 Å². The maximum atomic E-state index is 11.7. The van der Waals surface area contributed by atoms with E-state index in [9.17, 15) is 9.59 Å². The first-order valence-electron chi connectivity index (χ1n) is 6.56. The molecule has 1 aromatic rings. The van der Waals surface area contributed by atoms with Crippen LogP contribution in [0.1, 0.15) is 25.8 Å². The molecule has 1 amide bonds. The molecule has 0 aliphatic heterocycles. The van der Waals surface area contributed by atoms with Crippen molar-refractivity contribution in [3.63, 3.8) is 0 Å². The van der Waals surface area contributed by atoms with Crippen molar-refractivity contribution in [2.45, 2.75) is 26.4 Å². The van der Waals surface area contributed by atoms with Gasteiger partial charge in [-0.05, 0) is 31.6 Å². The Hall–Kier alpha value is -1.52. The molecule has 0 aliphatic carbocycles. The highest BCUT2D eigenvalue weighted by atomic mass is 35.5. The number of esters is 1. The molecule has 0 radical (unpaired) electrons. The summed E-state index contributed by atoms with van der Waals surface area (Å²) in [6, 6.07) is 5.04. The first-order valence-corrected chi connectivity index (χ1v) is 7.31. The summed E-state index contributed by atoms with van der Waals surface area (Å²) in [5.41, 5.74) is 0.529. The maximum absolute atomic E-state index is 11.7. The van der Waals surface area contributed by atoms with Crippen molar-refractivity contribution in [2.75, 3.05) is 6.54 Å². The molecular formula is C15H17Cl2NO3. The molecule has 0 fully saturated rings. The van der Waals surface area contributed by atoms with Crippen LogP contribution in [0.25, 0.3) is 6.08 Å². The van der Waals surface area contributed by atoms with Crippen LogP contribution in [0.3, 0.4) is 0 Å². The van der Waals surface area contributed by atoms with Gasteiger partial charge in [-0.25, -0.2) is 4.79 Å². The second kappa shape index (κ2) is 8.70. The van der Waals surface area contributed by atoms with Crippen LogP contribution in [0.5, 0.6) is 0 Å². The van der Waals surface area contributed by atoms with Crippen molar-refractivity contribution in [1.82, 2.24) is 5.32 Å². The molecular weight excluding hydrogens is 313 g/mol. The number of hydrogen-bond donors (Lipinski definition) is 1. The minimum absolute atomic E-state index is 0.325. The maximum Gasteiger partial charge on any atom is 0.331 e. The summed E-state index contributed by atoms with van der Waals surface area (Å²) < 4.78 is 4.99. The van der Waals surface area contributed by atoms with Crippen LogP contribution >= 0.6 is 23.2 Å². The molecule has 4 nitrogen and oxygen atoms in total. The Morgan fingerprint density at radius 3 is 2.52 bits per heavy atom. The Bertz CT molecular complexity index is 523. The normalized spacial score (nSPS) is 12.2. The van der Waals surface area contributed by atoms with E-state index in [1.807, 2.05) is 6.92 Å². The summed E-state index contributed by atoms with van der Waals surface area (Å²) in [5.74, 6) is -0.959. The van der Waals surface area contributed by atoms with Gasteiger partial charge < -0.3 is 10.1 Å². The zero-order chi connectivity index (χ0) is 15.8. The summed E-state index contributed by atoms with van der Waals surface area (Å²) in [6.45, 7) is 4.00. The lowest BCUT2D eigenvalue weighted by Gasteiger charge is -2.11. The number of rotatable bonds is 6. The SMILES string of the molecule is CCCNC(=O)[C@@H](C)OC(=O)/C=C/c1c(Cl)cccc1Cl. The topological polar surface area (TPSA) is 55.4 Å². The van der Waals surface area contributed by atoms with E-state index in [0.717, 1.165) is 6.42 Å². The van der Waals surface area contributed by atoms with Gasteiger partial charge >= 0.3 is 5.97 Å². The van der Waals surface area contributed by atoms with Gasteiger partial charge in [0.25, 0.3) is 5.91 Å². The Morgan fingerprint density at radius 2 is 1.95 bits per heavy atom. The summed E-state index contributed by atoms with van der Waals surface area (Å²) in [4.78, 5) is 23.2. The zero-order valence-corrected chi connectivity index (χ0v) is 13.4. The average Bonchev–Trinajstić information content (AvgIpc) is 2.44. The number of carbonyl (C=O) groups is 2. The number of carbonyl (C=O) groups excluding carboxylic acids is 2. The van der Waals surface area contributed by atoms with Gasteiger partial charge in [-0.15, -0.1) is 0 Å². The highest BCUT2D eigenvalue weighted by Gasteiger charge is 2.15. The molecule has 114 valence electrons. The van der Waals surface area contributed by atoms with E-state index in [0.29, 0.717) is 22.2 Å². The third-order valence-electron chi connectivity index (χ3n) is 2.60. The van der Waals surface area contributed by atoms with Crippen molar-refractivity contribution in [1.29, 1.82) is 0 Å². The number of halogens is 2. The molecule has 1 aromatic carbocycles. The molecule has 0 bridgehead atoms. The predicted molar refractivity (Wildman–Crippen MR) is 84.4 cm³/mol. The van der Waals surface area contributed by atoms with Crippen molar-refractivity contribution >= 4 is 41.2 Å². The van der Waals surface area contributed by atoms with Crippen LogP contribution < -0.4 is 5.32 Å². The fourth-order valence-corrected chi connectivity index (χ4v) is 2.00. The zero-order valence-electron chi connectivity index (χ0n) is 11.9. The number of benzene rings is 1. The molecule has 21 heavy (non-hydrogen) atoms. The van der Waals surface area contributed by atoms with E-state index < -0.39 is 12.1 Å². The molecule has 0 heterocycles. The number of nitrogens with one attached hydrogen (secondary N) is 1. The minimum Gasteiger partial charge on any atom is -0.449 e. The van der Waals surface area contributed by atoms with Crippen LogP contribution in [-0.2, 0) is 14.3 Å². The minimum atomic E-state index is -0.851. The molecule has 6 heteroatoms. The molecule has 0 spiro atoms. The van der Waals surface area contributed by atoms with Crippen molar-refractivity contribution in [3.05, 3.63) is 39.9 Å². The van der Waals surface area contributed by atoms with Gasteiger partial charge in [0.1, 0.15) is 0 Å². The van der Waals surface area contributed by atoms with Gasteiger partial charge in [-0.3, -0.25) is 4.79 Å². The van der Waals surface area contributed by atoms with Crippen LogP contribution in [-0.4, -0.2) is 24.5 Å². The monoisotopic (exact) mass is 329 g/mol. The Morgan fingerprint density at radius 1 is 1.33 bits per heavy atom. The molecule has 0 aromatic heterocycles. The third kappa shape index (κ3) is 5.78. The van der Waals surface area contributed by atoms with Crippen LogP contribution in [0.4, 0.5) is 0 Å². The van der Waals surface area contributed by atoms with E-state index in [-0.39, 0.29) is 5.91 Å². The van der Waals surface area contributed by atoms with Gasteiger partial charge in [0, 0.05) is 28.2 Å². The highest BCUT2D eigenvalue weighted by Crippen LogP contribution is 2.25. The fraction of sp³-hybridized carbons (Fsp3) is 0.333. The standard InChI is InChI=1S/C15H17Cl2NO3/c1-3-9-18-15(20)10(2)21-14(19)8-7-11-12(16)5-4-6-13(11)17/h4-8,10H,3,9H2,1-2H3,(H,18,20)/b8-7+/t10-/m1/s1. The predicted octanol–water partition coefficient (Wildman–Crippen LogP) is 3.46. The highest BCUT2D eigenvalue weighted by molar-refractivity contribution is 6.37. The summed E-state index contributed by atoms with van der Waals surface area (Å²) >= 11 is 11.9. The summed E-state index contributed by atoms with van der Waals surface area (Å²) in [6.07, 6.45) is 2.62. The first kappa shape index (κ1) is 17.5. The molecule has 0 saturated carbocycles. The molecule has 0 aliphatic rings. The van der Waals surface area contributed by atoms with Crippen LogP contribution in [0.15, 0.2) is 24.3 Å². The second-order valence-corrected chi connectivity index (χ2v) is 5.15. The van der Waals surface area contributed by atoms with Crippen LogP contribution in [0.2, 0.25) is 10.0 Å². The fourth-order valence-electron chi connectivity index (χ4n) is 1.48. The van der Waals surface area contributed by atoms with Crippen molar-refractivity contribution < 1.29 is 14.3 Å². The lowest BCUT2D eigenvalue weighted by Crippen LogP contribution is -2.35. The van der Waals surface area contributed by atoms with Gasteiger partial charge in [0.15, 0.2) is 6.10 Å². The summed E-state index contributed by atoms with van der Waals surface area (Å²) in [7, 11) is 0. The molecule has 1 N–H and O–H groups in total. The van der Waals surface area contributed by atoms with E-state index in [1.165, 1.54) is 19.1 Å². The lowest BCUT2D eigenvalue weighted by molar-refractivity contribution is -0.150. The van der Waals surface area contributed by atoms with E-state index >= 15 is 0 Å². The largest absolute Gasteiger partial charge is 0.449 e. The Labute approximate surface area is 134 Å². The number of hydrogen-bond acceptors (Lipinski definition) is 3. The smallest absolute Gasteiger partial charge is 0.331 e. The van der Waals surface area contributed by atoms with Crippen molar-refractivity contribution in [2.24, 2.45) is 0 Å². The molecule has 0 saturated heterocycles. The van der Waals surface area contributed by atoms with E-state index in [2.05, 4.69) is 5.32 Å². The summed E-state index contributed by atoms with van der Waals surface area (Å²) in [5, 5.41) is 3.51. The number of ether oxygens (including phenoxy) is 1. The van der Waals surface area contributed by atoms with E-state index in [1.54, 1.807) is 18.2 Å². The van der Waals surface area contributed by atoms with Gasteiger partial charge in [-0.2, -0.15) is 0 Å². The molecule has 0 unspecified atom stereocenters. The molecule has 1 rings (SSSR count). The van der Waals surface area contributed by atoms with Gasteiger partial charge in [0.05, 0.1) is 0 Å². The number of amides is 1. The average molecular weight is 330 g/mol. The second-order valence-electron chi connectivity index (χ2n) is 4.34. The Kier molecular flexibility index (Phi) is 7.26. The quantitative estimate of drug-likeness (QED) is 0.642. The third-order valence-corrected chi connectivity index (χ3v) is 3.26. The Balaban J connectivity index is 2.61. The first-order chi connectivity index (χ1) is 9.95. The molecule has 1 atom stereocenters.